The minimum absolute atomic E-state index is 0.109. The van der Waals surface area contributed by atoms with Crippen LogP contribution in [0.4, 0.5) is 0 Å². The van der Waals surface area contributed by atoms with Crippen molar-refractivity contribution in [2.75, 3.05) is 0 Å². The molecule has 0 aromatic heterocycles. The highest BCUT2D eigenvalue weighted by molar-refractivity contribution is 6.59. The SMILES string of the molecule is Cl[14c]1[14c](Cl)[14c](Cl)[14c](Cl)[14c](Cl)[14c]1Cl. The van der Waals surface area contributed by atoms with Gasteiger partial charge in [-0.1, -0.05) is 69.6 Å². The molecule has 0 saturated heterocycles. The first kappa shape index (κ1) is 11.0. The molecule has 0 unspecified atom stereocenters. The molecule has 0 nitrogen and oxygen atoms in total. The Morgan fingerprint density at radius 1 is 0.333 bits per heavy atom. The van der Waals surface area contributed by atoms with Crippen LogP contribution in [-0.2, 0) is 0 Å². The first-order valence-electron chi connectivity index (χ1n) is 2.63. The highest BCUT2D eigenvalue weighted by Gasteiger charge is 2.17. The Morgan fingerprint density at radius 3 is 0.500 bits per heavy atom. The average Bonchev–Trinajstić information content (AvgIpc) is 2.08. The van der Waals surface area contributed by atoms with Gasteiger partial charge in [0.2, 0.25) is 0 Å². The maximum Gasteiger partial charge on any atom is 0.0810 e. The van der Waals surface area contributed by atoms with Crippen molar-refractivity contribution >= 4 is 69.6 Å². The van der Waals surface area contributed by atoms with E-state index < -0.39 is 0 Å². The maximum absolute atomic E-state index is 5.67. The van der Waals surface area contributed by atoms with E-state index in [4.69, 9.17) is 69.6 Å². The van der Waals surface area contributed by atoms with Crippen LogP contribution >= 0.6 is 69.6 Å². The molecule has 0 saturated carbocycles. The van der Waals surface area contributed by atoms with Gasteiger partial charge in [-0.25, -0.2) is 0 Å². The molecule has 1 rings (SSSR count). The van der Waals surface area contributed by atoms with E-state index >= 15 is 0 Å². The molecule has 0 amide bonds. The van der Waals surface area contributed by atoms with Gasteiger partial charge in [-0.05, 0) is 0 Å². The predicted octanol–water partition coefficient (Wildman–Crippen LogP) is 5.61. The van der Waals surface area contributed by atoms with Crippen molar-refractivity contribution in [1.29, 1.82) is 0 Å². The molecule has 6 heteroatoms. The molecule has 0 bridgehead atoms. The minimum atomic E-state index is 0.109. The van der Waals surface area contributed by atoms with Gasteiger partial charge in [0.05, 0.1) is 30.1 Å². The van der Waals surface area contributed by atoms with Gasteiger partial charge in [0.15, 0.2) is 0 Å². The van der Waals surface area contributed by atoms with Crippen LogP contribution in [0.5, 0.6) is 0 Å². The lowest BCUT2D eigenvalue weighted by Gasteiger charge is -2.06. The van der Waals surface area contributed by atoms with Crippen LogP contribution in [0.25, 0.3) is 0 Å². The lowest BCUT2D eigenvalue weighted by atomic mass is 12.3. The third kappa shape index (κ3) is 1.75. The van der Waals surface area contributed by atoms with E-state index in [2.05, 4.69) is 0 Å². The summed E-state index contributed by atoms with van der Waals surface area (Å²) in [7, 11) is 0. The van der Waals surface area contributed by atoms with Crippen molar-refractivity contribution in [3.8, 4) is 0 Å². The third-order valence-corrected chi connectivity index (χ3v) is 4.00. The van der Waals surface area contributed by atoms with Crippen molar-refractivity contribution in [3.05, 3.63) is 30.1 Å². The summed E-state index contributed by atoms with van der Waals surface area (Å²) in [6, 6.07) is 0. The van der Waals surface area contributed by atoms with E-state index in [1.165, 1.54) is 0 Å². The number of hydrogen-bond donors (Lipinski definition) is 0. The molecule has 0 radical (unpaired) electrons. The van der Waals surface area contributed by atoms with E-state index in [1.54, 1.807) is 0 Å². The minimum Gasteiger partial charge on any atom is -0.0810 e. The van der Waals surface area contributed by atoms with Crippen molar-refractivity contribution in [2.24, 2.45) is 0 Å². The predicted molar refractivity (Wildman–Crippen MR) is 56.5 cm³/mol. The van der Waals surface area contributed by atoms with Crippen LogP contribution < -0.4 is 0 Å². The van der Waals surface area contributed by atoms with Crippen molar-refractivity contribution in [3.63, 3.8) is 0 Å². The molecule has 0 heterocycles. The van der Waals surface area contributed by atoms with Gasteiger partial charge in [0.1, 0.15) is 0 Å². The first-order chi connectivity index (χ1) is 5.46. The zero-order valence-electron chi connectivity index (χ0n) is 5.27. The lowest BCUT2D eigenvalue weighted by molar-refractivity contribution is 1.69. The molecule has 12 heavy (non-hydrogen) atoms. The smallest absolute Gasteiger partial charge is 0.0810 e. The van der Waals surface area contributed by atoms with Gasteiger partial charge in [-0.3, -0.25) is 0 Å². The van der Waals surface area contributed by atoms with E-state index in [0.29, 0.717) is 0 Å². The fourth-order valence-corrected chi connectivity index (χ4v) is 2.00. The quantitative estimate of drug-likeness (QED) is 0.431. The number of benzene rings is 1. The van der Waals surface area contributed by atoms with Gasteiger partial charge in [-0.2, -0.15) is 0 Å². The summed E-state index contributed by atoms with van der Waals surface area (Å²) in [5.41, 5.74) is 0. The summed E-state index contributed by atoms with van der Waals surface area (Å²) in [6.07, 6.45) is 0. The summed E-state index contributed by atoms with van der Waals surface area (Å²) in [5.74, 6) is 0. The molecule has 1 aromatic carbocycles. The van der Waals surface area contributed by atoms with Gasteiger partial charge in [0, 0.05) is 0 Å². The average molecular weight is 297 g/mol. The van der Waals surface area contributed by atoms with Crippen LogP contribution in [0.2, 0.25) is 30.1 Å². The summed E-state index contributed by atoms with van der Waals surface area (Å²) >= 11 is 34.0. The lowest BCUT2D eigenvalue weighted by Crippen LogP contribution is -1.79. The molecule has 0 aliphatic carbocycles. The second-order valence-corrected chi connectivity index (χ2v) is 4.15. The zero-order chi connectivity index (χ0) is 9.46. The highest BCUT2D eigenvalue weighted by Crippen LogP contribution is 2.45. The maximum atomic E-state index is 5.67. The molecule has 0 aliphatic heterocycles. The number of hydrogen-bond acceptors (Lipinski definition) is 0. The summed E-state index contributed by atoms with van der Waals surface area (Å²) in [5, 5.41) is 0.654. The Morgan fingerprint density at radius 2 is 0.417 bits per heavy atom. The summed E-state index contributed by atoms with van der Waals surface area (Å²) < 4.78 is 0. The fourth-order valence-electron chi connectivity index (χ4n) is 0.578. The van der Waals surface area contributed by atoms with Gasteiger partial charge in [0.25, 0.3) is 0 Å². The summed E-state index contributed by atoms with van der Waals surface area (Å²) in [4.78, 5) is 0. The normalized spacial score (nSPS) is 10.5. The monoisotopic (exact) mass is 294 g/mol. The largest absolute Gasteiger partial charge is 0.0810 e. The van der Waals surface area contributed by atoms with E-state index in [1.807, 2.05) is 0 Å². The molecule has 0 fully saturated rings. The Bertz CT molecular complexity index is 226. The van der Waals surface area contributed by atoms with Gasteiger partial charge in [-0.15, -0.1) is 0 Å². The van der Waals surface area contributed by atoms with Crippen LogP contribution in [0, 0.1) is 0 Å². The Kier molecular flexibility index (Phi) is 3.68. The first-order valence-corrected chi connectivity index (χ1v) is 4.90. The Labute approximate surface area is 99.3 Å². The fraction of sp³-hybridized carbons (Fsp3) is 0. The number of halogens is 6. The molecule has 0 spiro atoms. The third-order valence-electron chi connectivity index (χ3n) is 1.16. The van der Waals surface area contributed by atoms with Gasteiger partial charge < -0.3 is 0 Å². The molecule has 0 N–H and O–H groups in total. The van der Waals surface area contributed by atoms with Crippen molar-refractivity contribution in [2.45, 2.75) is 0 Å². The second-order valence-electron chi connectivity index (χ2n) is 1.88. The van der Waals surface area contributed by atoms with E-state index in [-0.39, 0.29) is 30.1 Å². The van der Waals surface area contributed by atoms with E-state index in [0.717, 1.165) is 0 Å². The molecular weight excluding hydrogens is 297 g/mol. The molecule has 0 atom stereocenters. The van der Waals surface area contributed by atoms with Crippen LogP contribution in [0.1, 0.15) is 0 Å². The highest BCUT2D eigenvalue weighted by atomic mass is 35.5. The molecule has 66 valence electrons. The zero-order valence-corrected chi connectivity index (χ0v) is 9.80. The Hall–Kier alpha value is 0.960. The van der Waals surface area contributed by atoms with Crippen molar-refractivity contribution in [1.82, 2.24) is 0 Å². The van der Waals surface area contributed by atoms with Crippen LogP contribution in [0.3, 0.4) is 0 Å². The molecular formula is C6Cl6. The topological polar surface area (TPSA) is 0 Å². The number of rotatable bonds is 0. The van der Waals surface area contributed by atoms with Crippen LogP contribution in [-0.4, -0.2) is 0 Å². The van der Waals surface area contributed by atoms with Crippen LogP contribution in [0.15, 0.2) is 0 Å². The molecule has 0 aliphatic rings. The van der Waals surface area contributed by atoms with Crippen molar-refractivity contribution < 1.29 is 0 Å². The van der Waals surface area contributed by atoms with E-state index in [9.17, 15) is 0 Å². The Balaban J connectivity index is 3.60. The second kappa shape index (κ2) is 4.00. The summed E-state index contributed by atoms with van der Waals surface area (Å²) in [6.45, 7) is 0. The molecule has 1 aromatic rings. The van der Waals surface area contributed by atoms with Gasteiger partial charge >= 0.3 is 0 Å². The standard InChI is InChI=1S/C6Cl6/c7-1-2(8)4(10)6(12)5(11)3(1)9/i1+2,2+2,3+2,4+2,5+2,6+2.